The molecule has 28 heteroatoms. The highest BCUT2D eigenvalue weighted by Crippen LogP contribution is 2.37. The third-order valence-corrected chi connectivity index (χ3v) is 13.1. The summed E-state index contributed by atoms with van der Waals surface area (Å²) in [5.41, 5.74) is 16.4. The monoisotopic (exact) mass is 1140 g/mol. The lowest BCUT2D eigenvalue weighted by molar-refractivity contribution is -0.139. The fourth-order valence-electron chi connectivity index (χ4n) is 8.36. The largest absolute Gasteiger partial charge is 0.480 e. The molecule has 0 unspecified atom stereocenters. The van der Waals surface area contributed by atoms with Crippen molar-refractivity contribution in [2.45, 2.75) is 77.7 Å². The van der Waals surface area contributed by atoms with Crippen LogP contribution in [0, 0.1) is 29.9 Å². The van der Waals surface area contributed by atoms with Crippen LogP contribution in [0.1, 0.15) is 83.6 Å². The van der Waals surface area contributed by atoms with Gasteiger partial charge in [0.15, 0.2) is 22.8 Å². The number of aliphatic carboxylic acids is 1. The number of ether oxygens (including phenoxy) is 3. The highest BCUT2D eigenvalue weighted by Gasteiger charge is 2.24. The van der Waals surface area contributed by atoms with E-state index in [0.29, 0.717) is 60.0 Å². The number of aryl methyl sites for hydroxylation is 2. The molecule has 8 rings (SSSR count). The van der Waals surface area contributed by atoms with Gasteiger partial charge in [-0.2, -0.15) is 15.2 Å². The lowest BCUT2D eigenvalue weighted by Gasteiger charge is -2.20. The number of carboxylic acids is 1. The highest BCUT2D eigenvalue weighted by molar-refractivity contribution is 6.35. The maximum Gasteiger partial charge on any atom is 0.326 e. The molecule has 0 fully saturated rings. The Labute approximate surface area is 472 Å². The van der Waals surface area contributed by atoms with Gasteiger partial charge < -0.3 is 51.6 Å². The summed E-state index contributed by atoms with van der Waals surface area (Å²) in [6.45, 7) is 5.81. The van der Waals surface area contributed by atoms with Crippen molar-refractivity contribution in [3.63, 3.8) is 0 Å². The smallest absolute Gasteiger partial charge is 0.326 e. The van der Waals surface area contributed by atoms with Gasteiger partial charge in [0, 0.05) is 67.4 Å². The van der Waals surface area contributed by atoms with E-state index in [0.717, 1.165) is 18.5 Å². The first-order chi connectivity index (χ1) is 39.5. The molecule has 0 aliphatic heterocycles. The summed E-state index contributed by atoms with van der Waals surface area (Å²) in [7, 11) is 1.82. The fourth-order valence-corrected chi connectivity index (χ4v) is 8.55. The van der Waals surface area contributed by atoms with Crippen LogP contribution < -0.4 is 37.1 Å². The van der Waals surface area contributed by atoms with E-state index in [9.17, 15) is 29.1 Å². The van der Waals surface area contributed by atoms with Crippen LogP contribution in [0.4, 0.5) is 31.9 Å². The third kappa shape index (κ3) is 15.5. The number of nitrogens with two attached hydrogens (primary N) is 2. The van der Waals surface area contributed by atoms with Gasteiger partial charge in [0.2, 0.25) is 11.9 Å². The van der Waals surface area contributed by atoms with Crippen molar-refractivity contribution in [1.29, 1.82) is 5.26 Å². The number of amides is 2. The van der Waals surface area contributed by atoms with Crippen LogP contribution >= 0.6 is 11.6 Å². The van der Waals surface area contributed by atoms with E-state index in [1.807, 2.05) is 18.0 Å². The lowest BCUT2D eigenvalue weighted by atomic mass is 10.0. The second-order valence-corrected chi connectivity index (χ2v) is 19.1. The Balaban J connectivity index is 0.669. The van der Waals surface area contributed by atoms with E-state index in [1.54, 1.807) is 55.2 Å². The standard InChI is InChI=1S/C54H57ClF2N18O7/c1-30(38-21-32(23-58)7-12-39(38)56)66-47-44(55)31(2)65-42-22-40(57)45(69-46(42)47)34-24-63-54(64-25-34)82-17-6-4-5-16-75-28-36(72-73-75)29-81-20-19-80-18-15-61-43(76)14-13-41(52(78)79)68-51(77)33-8-10-37(11-9-33)74(3)27-35-26-62-50-48(67-35)49(59)70-53(60)71-50/h7-12,21-22,24-26,28,30,41H,4-6,13-20,27,29H2,1-3H3,(H,61,76)(H,65,66)(H,68,77)(H,78,79)(H4,59,60,62,70,71)/t30-,41-/m0/s1. The number of fused-ring (bicyclic) bond motifs is 2. The highest BCUT2D eigenvalue weighted by atomic mass is 35.5. The Bertz CT molecular complexity index is 3610. The van der Waals surface area contributed by atoms with Gasteiger partial charge in [0.05, 0.1) is 97.3 Å². The van der Waals surface area contributed by atoms with Crippen LogP contribution in [0.15, 0.2) is 73.3 Å². The minimum absolute atomic E-state index is 0.00113. The molecule has 25 nitrogen and oxygen atoms in total. The zero-order valence-corrected chi connectivity index (χ0v) is 45.5. The van der Waals surface area contributed by atoms with Crippen molar-refractivity contribution in [2.75, 3.05) is 61.7 Å². The predicted octanol–water partition coefficient (Wildman–Crippen LogP) is 6.06. The number of nitriles is 1. The first-order valence-electron chi connectivity index (χ1n) is 25.8. The normalized spacial score (nSPS) is 12.0. The molecule has 2 amide bonds. The van der Waals surface area contributed by atoms with Gasteiger partial charge in [-0.15, -0.1) is 5.10 Å². The maximum absolute atomic E-state index is 15.5. The van der Waals surface area contributed by atoms with E-state index in [2.05, 4.69) is 66.1 Å². The van der Waals surface area contributed by atoms with Crippen LogP contribution in [0.25, 0.3) is 33.5 Å². The van der Waals surface area contributed by atoms with Crippen molar-refractivity contribution >= 4 is 74.7 Å². The summed E-state index contributed by atoms with van der Waals surface area (Å²) in [6, 6.07) is 12.0. The average molecular weight is 1140 g/mol. The first-order valence-corrected chi connectivity index (χ1v) is 26.2. The molecular weight excluding hydrogens is 1090 g/mol. The number of carboxylic acid groups (broad SMARTS) is 1. The summed E-state index contributed by atoms with van der Waals surface area (Å²) in [5, 5.41) is 36.0. The average Bonchev–Trinajstić information content (AvgIpc) is 4.08. The number of benzene rings is 2. The zero-order valence-electron chi connectivity index (χ0n) is 44.8. The maximum atomic E-state index is 15.5. The first kappa shape index (κ1) is 58.8. The zero-order chi connectivity index (χ0) is 58.3. The number of carbonyl (C=O) groups is 3. The number of hydrogen-bond acceptors (Lipinski definition) is 21. The van der Waals surface area contributed by atoms with Crippen molar-refractivity contribution < 1.29 is 42.5 Å². The number of nitrogen functional groups attached to an aromatic ring is 2. The molecule has 82 heavy (non-hydrogen) atoms. The lowest BCUT2D eigenvalue weighted by Crippen LogP contribution is -2.41. The number of pyridine rings is 2. The Morgan fingerprint density at radius 2 is 1.67 bits per heavy atom. The van der Waals surface area contributed by atoms with Crippen LogP contribution in [-0.4, -0.2) is 124 Å². The Hall–Kier alpha value is -9.39. The van der Waals surface area contributed by atoms with Gasteiger partial charge in [-0.25, -0.2) is 43.5 Å². The van der Waals surface area contributed by atoms with Crippen LogP contribution in [0.2, 0.25) is 5.02 Å². The minimum Gasteiger partial charge on any atom is -0.480 e. The molecule has 8 N–H and O–H groups in total. The third-order valence-electron chi connectivity index (χ3n) is 12.6. The molecule has 0 saturated heterocycles. The molecule has 8 aromatic rings. The van der Waals surface area contributed by atoms with Gasteiger partial charge in [-0.1, -0.05) is 16.8 Å². The second kappa shape index (κ2) is 27.7. The molecular formula is C54H57ClF2N18O7. The fraction of sp³-hybridized carbons (Fsp3) is 0.333. The van der Waals surface area contributed by atoms with E-state index in [1.165, 1.54) is 36.7 Å². The van der Waals surface area contributed by atoms with E-state index < -0.39 is 41.5 Å². The molecule has 6 heterocycles. The number of halogens is 3. The summed E-state index contributed by atoms with van der Waals surface area (Å²) in [4.78, 5) is 73.5. The second-order valence-electron chi connectivity index (χ2n) is 18.7. The van der Waals surface area contributed by atoms with Gasteiger partial charge in [0.1, 0.15) is 28.8 Å². The SMILES string of the molecule is Cc1nc2cc(F)c(-c3cnc(OCCCCCn4cc(COCCOCCNC(=O)CC[C@H](NC(=O)c5ccc(N(C)Cc6cnc7nc(N)nc(N)c7n6)cc5)C(=O)O)nn4)nc3)nc2c(N[C@@H](C)c2cc(C#N)ccc2F)c1Cl. The number of nitrogens with zero attached hydrogens (tertiary/aromatic N) is 13. The summed E-state index contributed by atoms with van der Waals surface area (Å²) >= 11 is 6.68. The van der Waals surface area contributed by atoms with Gasteiger partial charge in [-0.3, -0.25) is 14.3 Å². The van der Waals surface area contributed by atoms with Gasteiger partial charge in [-0.05, 0) is 82.0 Å². The number of unbranched alkanes of at least 4 members (excludes halogenated alkanes) is 2. The molecule has 2 aromatic carbocycles. The number of anilines is 4. The molecule has 0 spiro atoms. The van der Waals surface area contributed by atoms with Gasteiger partial charge in [0.25, 0.3) is 5.91 Å². The number of rotatable bonds is 28. The molecule has 0 bridgehead atoms. The Morgan fingerprint density at radius 3 is 2.44 bits per heavy atom. The molecule has 0 saturated carbocycles. The molecule has 6 aromatic heterocycles. The van der Waals surface area contributed by atoms with E-state index >= 15 is 4.39 Å². The Morgan fingerprint density at radius 1 is 0.890 bits per heavy atom. The minimum atomic E-state index is -1.30. The number of carbonyl (C=O) groups excluding carboxylic acids is 2. The molecule has 0 aliphatic rings. The van der Waals surface area contributed by atoms with Crippen molar-refractivity contribution in [3.05, 3.63) is 124 Å². The number of hydrogen-bond donors (Lipinski definition) is 6. The van der Waals surface area contributed by atoms with Gasteiger partial charge >= 0.3 is 12.0 Å². The van der Waals surface area contributed by atoms with Crippen molar-refractivity contribution in [1.82, 2.24) is 65.5 Å². The van der Waals surface area contributed by atoms with Crippen LogP contribution in [0.3, 0.4) is 0 Å². The number of nitrogens with one attached hydrogen (secondary N) is 3. The summed E-state index contributed by atoms with van der Waals surface area (Å²) in [5.74, 6) is -3.33. The molecule has 426 valence electrons. The quantitative estimate of drug-likeness (QED) is 0.0303. The van der Waals surface area contributed by atoms with E-state index in [4.69, 9.17) is 37.3 Å². The van der Waals surface area contributed by atoms with Crippen LogP contribution in [-0.2, 0) is 38.8 Å². The summed E-state index contributed by atoms with van der Waals surface area (Å²) < 4.78 is 49.0. The van der Waals surface area contributed by atoms with Crippen LogP contribution in [0.5, 0.6) is 6.01 Å². The molecule has 0 radical (unpaired) electrons. The van der Waals surface area contributed by atoms with Crippen molar-refractivity contribution in [3.8, 4) is 23.3 Å². The van der Waals surface area contributed by atoms with E-state index in [-0.39, 0.29) is 108 Å². The molecule has 0 aliphatic carbocycles. The predicted molar refractivity (Wildman–Crippen MR) is 297 cm³/mol. The summed E-state index contributed by atoms with van der Waals surface area (Å²) in [6.07, 6.45) is 8.20. The molecule has 2 atom stereocenters. The Kier molecular flexibility index (Phi) is 19.8. The topological polar surface area (TPSA) is 348 Å². The number of aromatic nitrogens is 11. The van der Waals surface area contributed by atoms with Crippen molar-refractivity contribution in [2.24, 2.45) is 0 Å².